The molecule has 4 saturated carbocycles. The van der Waals surface area contributed by atoms with Crippen molar-refractivity contribution in [3.8, 4) is 0 Å². The van der Waals surface area contributed by atoms with E-state index in [0.29, 0.717) is 24.0 Å². The van der Waals surface area contributed by atoms with Gasteiger partial charge >= 0.3 is 0 Å². The molecule has 2 N–H and O–H groups in total. The van der Waals surface area contributed by atoms with E-state index in [2.05, 4.69) is 27.7 Å². The van der Waals surface area contributed by atoms with Gasteiger partial charge in [0.1, 0.15) is 5.78 Å². The second-order valence-electron chi connectivity index (χ2n) is 10.4. The summed E-state index contributed by atoms with van der Waals surface area (Å²) in [6.45, 7) is 11.1. The third-order valence-corrected chi connectivity index (χ3v) is 9.03. The van der Waals surface area contributed by atoms with Crippen molar-refractivity contribution < 1.29 is 15.0 Å². The van der Waals surface area contributed by atoms with E-state index in [1.807, 2.05) is 6.92 Å². The molecule has 3 nitrogen and oxygen atoms in total. The van der Waals surface area contributed by atoms with Crippen LogP contribution in [-0.2, 0) is 4.79 Å². The Kier molecular flexibility index (Phi) is 2.95. The normalized spacial score (nSPS) is 60.5. The Balaban J connectivity index is 1.96. The maximum absolute atomic E-state index is 12.8. The van der Waals surface area contributed by atoms with E-state index in [4.69, 9.17) is 0 Å². The summed E-state index contributed by atoms with van der Waals surface area (Å²) >= 11 is 0. The van der Waals surface area contributed by atoms with Crippen molar-refractivity contribution in [2.75, 3.05) is 0 Å². The van der Waals surface area contributed by atoms with Crippen molar-refractivity contribution in [2.24, 2.45) is 39.9 Å². The van der Waals surface area contributed by atoms with Crippen molar-refractivity contribution >= 4 is 5.78 Å². The van der Waals surface area contributed by atoms with Gasteiger partial charge in [-0.2, -0.15) is 0 Å². The van der Waals surface area contributed by atoms with Gasteiger partial charge in [0, 0.05) is 18.3 Å². The number of fused-ring (bicyclic) bond motifs is 1. The maximum Gasteiger partial charge on any atom is 0.136 e. The van der Waals surface area contributed by atoms with E-state index in [9.17, 15) is 15.0 Å². The van der Waals surface area contributed by atoms with E-state index in [1.54, 1.807) is 0 Å². The molecule has 130 valence electrons. The molecule has 0 aromatic carbocycles. The van der Waals surface area contributed by atoms with Crippen LogP contribution in [0.3, 0.4) is 0 Å². The predicted octanol–water partition coefficient (Wildman–Crippen LogP) is 3.18. The minimum absolute atomic E-state index is 0.0149. The first kappa shape index (κ1) is 16.1. The van der Waals surface area contributed by atoms with Crippen LogP contribution in [0.1, 0.15) is 66.7 Å². The molecule has 2 bridgehead atoms. The van der Waals surface area contributed by atoms with Gasteiger partial charge < -0.3 is 10.2 Å². The third kappa shape index (κ3) is 1.62. The van der Waals surface area contributed by atoms with Gasteiger partial charge in [-0.3, -0.25) is 4.79 Å². The average molecular weight is 320 g/mol. The van der Waals surface area contributed by atoms with E-state index in [1.165, 1.54) is 0 Å². The lowest BCUT2D eigenvalue weighted by molar-refractivity contribution is -0.249. The molecule has 4 aliphatic rings. The number of carbonyl (C=O) groups excluding carboxylic acids is 1. The molecule has 4 rings (SSSR count). The zero-order valence-electron chi connectivity index (χ0n) is 15.2. The topological polar surface area (TPSA) is 57.5 Å². The molecule has 0 aromatic rings. The number of aliphatic hydroxyl groups is 2. The van der Waals surface area contributed by atoms with Gasteiger partial charge in [-0.25, -0.2) is 0 Å². The van der Waals surface area contributed by atoms with Gasteiger partial charge in [0.25, 0.3) is 0 Å². The summed E-state index contributed by atoms with van der Waals surface area (Å²) in [4.78, 5) is 12.8. The van der Waals surface area contributed by atoms with Crippen molar-refractivity contribution in [1.29, 1.82) is 0 Å². The van der Waals surface area contributed by atoms with Crippen LogP contribution in [0, 0.1) is 39.9 Å². The minimum atomic E-state index is -0.781. The van der Waals surface area contributed by atoms with Gasteiger partial charge in [0.15, 0.2) is 0 Å². The van der Waals surface area contributed by atoms with Crippen LogP contribution in [0.2, 0.25) is 0 Å². The molecule has 0 saturated heterocycles. The zero-order chi connectivity index (χ0) is 17.0. The SMILES string of the molecule is C[C@@H]1CC(=O)[C@H]2C[C@]3(C)C[C@@H](O)[C@H]4[C@H]3[C@]1(CC[C@]4(C)O)C2(C)C. The summed E-state index contributed by atoms with van der Waals surface area (Å²) in [5.41, 5.74) is -0.760. The standard InChI is InChI=1S/C20H32O3/c1-11-8-13(21)12-9-18(4)10-14(22)15-16(18)20(11,17(12,2)3)7-6-19(15,5)23/h11-12,14-16,22-23H,6-10H2,1-5H3/t11-,12-,14-,15+,16-,18-,19+,20-/m1/s1. The van der Waals surface area contributed by atoms with E-state index in [0.717, 1.165) is 25.7 Å². The summed E-state index contributed by atoms with van der Waals surface area (Å²) in [6, 6.07) is 0. The fourth-order valence-corrected chi connectivity index (χ4v) is 8.19. The Hall–Kier alpha value is -0.410. The second-order valence-corrected chi connectivity index (χ2v) is 10.4. The molecule has 1 spiro atoms. The molecule has 23 heavy (non-hydrogen) atoms. The lowest BCUT2D eigenvalue weighted by atomic mass is 9.33. The first-order valence-electron chi connectivity index (χ1n) is 9.40. The first-order chi connectivity index (χ1) is 10.5. The zero-order valence-corrected chi connectivity index (χ0v) is 15.2. The number of carbonyl (C=O) groups is 1. The van der Waals surface area contributed by atoms with Crippen LogP contribution in [0.5, 0.6) is 0 Å². The number of hydrogen-bond donors (Lipinski definition) is 2. The van der Waals surface area contributed by atoms with Crippen LogP contribution in [0.25, 0.3) is 0 Å². The van der Waals surface area contributed by atoms with Crippen LogP contribution >= 0.6 is 0 Å². The highest BCUT2D eigenvalue weighted by atomic mass is 16.3. The molecule has 0 aromatic heterocycles. The Bertz CT molecular complexity index is 565. The molecular weight excluding hydrogens is 288 g/mol. The van der Waals surface area contributed by atoms with Crippen molar-refractivity contribution in [1.82, 2.24) is 0 Å². The average Bonchev–Trinajstić information content (AvgIpc) is 2.67. The number of rotatable bonds is 0. The lowest BCUT2D eigenvalue weighted by Gasteiger charge is -2.71. The van der Waals surface area contributed by atoms with Gasteiger partial charge in [-0.1, -0.05) is 27.7 Å². The van der Waals surface area contributed by atoms with Crippen LogP contribution < -0.4 is 0 Å². The highest BCUT2D eigenvalue weighted by Gasteiger charge is 2.75. The predicted molar refractivity (Wildman–Crippen MR) is 88.7 cm³/mol. The minimum Gasteiger partial charge on any atom is -0.393 e. The van der Waals surface area contributed by atoms with Gasteiger partial charge in [-0.05, 0) is 60.7 Å². The second kappa shape index (κ2) is 4.22. The molecular formula is C20H32O3. The van der Waals surface area contributed by atoms with E-state index in [-0.39, 0.29) is 28.1 Å². The third-order valence-electron chi connectivity index (χ3n) is 9.03. The Labute approximate surface area is 139 Å². The van der Waals surface area contributed by atoms with E-state index < -0.39 is 11.7 Å². The van der Waals surface area contributed by atoms with Crippen molar-refractivity contribution in [3.63, 3.8) is 0 Å². The smallest absolute Gasteiger partial charge is 0.136 e. The van der Waals surface area contributed by atoms with Crippen molar-refractivity contribution in [2.45, 2.75) is 78.4 Å². The quantitative estimate of drug-likeness (QED) is 0.721. The highest BCUT2D eigenvalue weighted by molar-refractivity contribution is 5.84. The fourth-order valence-electron chi connectivity index (χ4n) is 8.19. The fraction of sp³-hybridized carbons (Fsp3) is 0.950. The van der Waals surface area contributed by atoms with Crippen LogP contribution in [-0.4, -0.2) is 27.7 Å². The Morgan fingerprint density at radius 1 is 1.09 bits per heavy atom. The number of aliphatic hydroxyl groups excluding tert-OH is 1. The summed E-state index contributed by atoms with van der Waals surface area (Å²) in [7, 11) is 0. The summed E-state index contributed by atoms with van der Waals surface area (Å²) in [5, 5.41) is 21.9. The van der Waals surface area contributed by atoms with Crippen LogP contribution in [0.15, 0.2) is 0 Å². The molecule has 0 aliphatic heterocycles. The summed E-state index contributed by atoms with van der Waals surface area (Å²) in [5.74, 6) is 1.17. The molecule has 4 aliphatic carbocycles. The molecule has 0 amide bonds. The van der Waals surface area contributed by atoms with Gasteiger partial charge in [-0.15, -0.1) is 0 Å². The van der Waals surface area contributed by atoms with E-state index >= 15 is 0 Å². The first-order valence-corrected chi connectivity index (χ1v) is 9.40. The lowest BCUT2D eigenvalue weighted by Crippen LogP contribution is -2.69. The summed E-state index contributed by atoms with van der Waals surface area (Å²) in [6.07, 6.45) is 3.62. The summed E-state index contributed by atoms with van der Waals surface area (Å²) < 4.78 is 0. The number of Topliss-reactive ketones (excluding diaryl/α,β-unsaturated/α-hetero) is 1. The Morgan fingerprint density at radius 2 is 1.74 bits per heavy atom. The van der Waals surface area contributed by atoms with Gasteiger partial charge in [0.05, 0.1) is 11.7 Å². The van der Waals surface area contributed by atoms with Crippen LogP contribution in [0.4, 0.5) is 0 Å². The number of hydrogen-bond acceptors (Lipinski definition) is 3. The maximum atomic E-state index is 12.8. The Morgan fingerprint density at radius 3 is 2.39 bits per heavy atom. The molecule has 0 radical (unpaired) electrons. The molecule has 0 heterocycles. The molecule has 4 fully saturated rings. The highest BCUT2D eigenvalue weighted by Crippen LogP contribution is 2.77. The molecule has 0 unspecified atom stereocenters. The molecule has 8 atom stereocenters. The van der Waals surface area contributed by atoms with Gasteiger partial charge in [0.2, 0.25) is 0 Å². The largest absolute Gasteiger partial charge is 0.393 e. The number of ketones is 1. The molecule has 3 heteroatoms. The van der Waals surface area contributed by atoms with Crippen molar-refractivity contribution in [3.05, 3.63) is 0 Å². The monoisotopic (exact) mass is 320 g/mol.